The molecule has 0 fully saturated rings. The van der Waals surface area contributed by atoms with E-state index in [2.05, 4.69) is 0 Å². The van der Waals surface area contributed by atoms with Crippen LogP contribution in [0.3, 0.4) is 0 Å². The maximum Gasteiger partial charge on any atom is 0.164 e. The van der Waals surface area contributed by atoms with Gasteiger partial charge in [-0.25, -0.2) is 4.39 Å². The molecule has 1 heterocycles. The summed E-state index contributed by atoms with van der Waals surface area (Å²) in [6, 6.07) is 3.19. The van der Waals surface area contributed by atoms with Crippen LogP contribution in [0.4, 0.5) is 4.39 Å². The van der Waals surface area contributed by atoms with Gasteiger partial charge in [0, 0.05) is 6.07 Å². The maximum atomic E-state index is 14.3. The Hall–Kier alpha value is -1.33. The van der Waals surface area contributed by atoms with Gasteiger partial charge in [-0.1, -0.05) is 6.92 Å². The summed E-state index contributed by atoms with van der Waals surface area (Å²) in [7, 11) is 0. The molecule has 1 unspecified atom stereocenters. The number of rotatable bonds is 6. The van der Waals surface area contributed by atoms with Gasteiger partial charge in [-0.3, -0.25) is 0 Å². The molecule has 4 N–H and O–H groups in total. The van der Waals surface area contributed by atoms with Crippen molar-refractivity contribution in [1.82, 2.24) is 0 Å². The number of nitrogens with two attached hydrogens (primary N) is 2. The largest absolute Gasteiger partial charge is 0.486 e. The van der Waals surface area contributed by atoms with Gasteiger partial charge in [-0.15, -0.1) is 0 Å². The number of ether oxygens (including phenoxy) is 2. The molecule has 0 saturated heterocycles. The van der Waals surface area contributed by atoms with E-state index in [0.717, 1.165) is 12.8 Å². The first-order chi connectivity index (χ1) is 9.69. The Morgan fingerprint density at radius 1 is 1.15 bits per heavy atom. The lowest BCUT2D eigenvalue weighted by Crippen LogP contribution is -2.25. The van der Waals surface area contributed by atoms with Crippen LogP contribution in [-0.4, -0.2) is 26.3 Å². The van der Waals surface area contributed by atoms with Crippen molar-refractivity contribution in [2.24, 2.45) is 17.4 Å². The van der Waals surface area contributed by atoms with E-state index in [1.54, 1.807) is 6.07 Å². The molecule has 0 bridgehead atoms. The van der Waals surface area contributed by atoms with E-state index >= 15 is 0 Å². The van der Waals surface area contributed by atoms with E-state index in [1.807, 2.05) is 6.92 Å². The summed E-state index contributed by atoms with van der Waals surface area (Å²) in [6.45, 7) is 4.07. The second-order valence-electron chi connectivity index (χ2n) is 5.20. The lowest BCUT2D eigenvalue weighted by atomic mass is 9.86. The zero-order valence-corrected chi connectivity index (χ0v) is 11.9. The third-order valence-electron chi connectivity index (χ3n) is 3.88. The number of benzene rings is 1. The van der Waals surface area contributed by atoms with Crippen molar-refractivity contribution >= 4 is 0 Å². The Kier molecular flexibility index (Phi) is 5.20. The van der Waals surface area contributed by atoms with Crippen LogP contribution in [0.25, 0.3) is 0 Å². The minimum atomic E-state index is -0.242. The Morgan fingerprint density at radius 3 is 2.30 bits per heavy atom. The normalized spacial score (nSPS) is 15.4. The molecule has 0 aromatic heterocycles. The zero-order chi connectivity index (χ0) is 14.5. The molecule has 0 radical (unpaired) electrons. The summed E-state index contributed by atoms with van der Waals surface area (Å²) in [6.07, 6.45) is 1.63. The highest BCUT2D eigenvalue weighted by Gasteiger charge is 2.22. The van der Waals surface area contributed by atoms with Gasteiger partial charge in [0.25, 0.3) is 0 Å². The third-order valence-corrected chi connectivity index (χ3v) is 3.88. The van der Waals surface area contributed by atoms with E-state index in [1.165, 1.54) is 6.07 Å². The van der Waals surface area contributed by atoms with Crippen LogP contribution < -0.4 is 20.9 Å². The Morgan fingerprint density at radius 2 is 1.75 bits per heavy atom. The van der Waals surface area contributed by atoms with Crippen molar-refractivity contribution in [2.75, 3.05) is 26.3 Å². The predicted molar refractivity (Wildman–Crippen MR) is 76.6 cm³/mol. The van der Waals surface area contributed by atoms with E-state index in [9.17, 15) is 4.39 Å². The minimum absolute atomic E-state index is 0.0999. The molecule has 1 aliphatic rings. The van der Waals surface area contributed by atoms with Crippen molar-refractivity contribution < 1.29 is 13.9 Å². The first-order valence-corrected chi connectivity index (χ1v) is 7.18. The Labute approximate surface area is 119 Å². The van der Waals surface area contributed by atoms with E-state index in [-0.39, 0.29) is 17.7 Å². The van der Waals surface area contributed by atoms with Gasteiger partial charge < -0.3 is 20.9 Å². The van der Waals surface area contributed by atoms with Crippen LogP contribution in [-0.2, 0) is 0 Å². The van der Waals surface area contributed by atoms with Crippen LogP contribution in [0.5, 0.6) is 11.5 Å². The second-order valence-corrected chi connectivity index (χ2v) is 5.20. The lowest BCUT2D eigenvalue weighted by molar-refractivity contribution is 0.170. The van der Waals surface area contributed by atoms with Crippen molar-refractivity contribution in [2.45, 2.75) is 25.7 Å². The number of hydrogen-bond acceptors (Lipinski definition) is 4. The third kappa shape index (κ3) is 3.22. The molecule has 1 aromatic rings. The molecule has 0 spiro atoms. The van der Waals surface area contributed by atoms with Gasteiger partial charge in [0.2, 0.25) is 0 Å². The van der Waals surface area contributed by atoms with E-state index < -0.39 is 0 Å². The second kappa shape index (κ2) is 6.90. The molecular weight excluding hydrogens is 259 g/mol. The number of halogens is 1. The molecule has 5 heteroatoms. The summed E-state index contributed by atoms with van der Waals surface area (Å²) in [5.41, 5.74) is 12.1. The topological polar surface area (TPSA) is 70.5 Å². The fourth-order valence-electron chi connectivity index (χ4n) is 2.60. The van der Waals surface area contributed by atoms with E-state index in [0.29, 0.717) is 43.4 Å². The standard InChI is InChI=1S/C15H23FN2O2/c1-2-11(5-10(8-17)9-18)12-6-14-15(7-13(12)16)20-4-3-19-14/h6-7,10-11H,2-5,8-9,17-18H2,1H3. The SMILES string of the molecule is CCC(CC(CN)CN)c1cc2c(cc1F)OCCO2. The highest BCUT2D eigenvalue weighted by atomic mass is 19.1. The Balaban J connectivity index is 2.24. The number of hydrogen-bond donors (Lipinski definition) is 2. The molecule has 20 heavy (non-hydrogen) atoms. The smallest absolute Gasteiger partial charge is 0.164 e. The minimum Gasteiger partial charge on any atom is -0.486 e. The van der Waals surface area contributed by atoms with Gasteiger partial charge in [0.1, 0.15) is 19.0 Å². The van der Waals surface area contributed by atoms with Crippen molar-refractivity contribution in [1.29, 1.82) is 0 Å². The van der Waals surface area contributed by atoms with Gasteiger partial charge >= 0.3 is 0 Å². The summed E-state index contributed by atoms with van der Waals surface area (Å²) < 4.78 is 25.2. The fraction of sp³-hybridized carbons (Fsp3) is 0.600. The van der Waals surface area contributed by atoms with Crippen molar-refractivity contribution in [3.63, 3.8) is 0 Å². The highest BCUT2D eigenvalue weighted by Crippen LogP contribution is 2.37. The molecule has 2 rings (SSSR count). The summed E-state index contributed by atoms with van der Waals surface area (Å²) >= 11 is 0. The molecule has 0 aliphatic carbocycles. The molecule has 0 saturated carbocycles. The van der Waals surface area contributed by atoms with Gasteiger partial charge in [0.15, 0.2) is 11.5 Å². The van der Waals surface area contributed by atoms with Crippen LogP contribution in [0.2, 0.25) is 0 Å². The van der Waals surface area contributed by atoms with Crippen LogP contribution in [0.15, 0.2) is 12.1 Å². The molecule has 1 atom stereocenters. The monoisotopic (exact) mass is 282 g/mol. The summed E-state index contributed by atoms with van der Waals surface area (Å²) in [5, 5.41) is 0. The highest BCUT2D eigenvalue weighted by molar-refractivity contribution is 5.45. The predicted octanol–water partition coefficient (Wildman–Crippen LogP) is 2.01. The first kappa shape index (κ1) is 15.1. The van der Waals surface area contributed by atoms with Gasteiger partial charge in [0.05, 0.1) is 0 Å². The van der Waals surface area contributed by atoms with E-state index in [4.69, 9.17) is 20.9 Å². The van der Waals surface area contributed by atoms with Crippen molar-refractivity contribution in [3.8, 4) is 11.5 Å². The average Bonchev–Trinajstić information content (AvgIpc) is 2.48. The van der Waals surface area contributed by atoms with Crippen LogP contribution >= 0.6 is 0 Å². The fourth-order valence-corrected chi connectivity index (χ4v) is 2.60. The maximum absolute atomic E-state index is 14.3. The molecule has 112 valence electrons. The zero-order valence-electron chi connectivity index (χ0n) is 11.9. The molecule has 1 aliphatic heterocycles. The van der Waals surface area contributed by atoms with Gasteiger partial charge in [-0.2, -0.15) is 0 Å². The average molecular weight is 282 g/mol. The quantitative estimate of drug-likeness (QED) is 0.837. The summed E-state index contributed by atoms with van der Waals surface area (Å²) in [5.74, 6) is 1.19. The molecule has 1 aromatic carbocycles. The van der Waals surface area contributed by atoms with Crippen LogP contribution in [0.1, 0.15) is 31.2 Å². The summed E-state index contributed by atoms with van der Waals surface area (Å²) in [4.78, 5) is 0. The molecule has 0 amide bonds. The first-order valence-electron chi connectivity index (χ1n) is 7.18. The molecule has 4 nitrogen and oxygen atoms in total. The van der Waals surface area contributed by atoms with Crippen LogP contribution in [0, 0.1) is 11.7 Å². The molecular formula is C15H23FN2O2. The Bertz CT molecular complexity index is 450. The van der Waals surface area contributed by atoms with Gasteiger partial charge in [-0.05, 0) is 49.4 Å². The van der Waals surface area contributed by atoms with Crippen molar-refractivity contribution in [3.05, 3.63) is 23.5 Å². The lowest BCUT2D eigenvalue weighted by Gasteiger charge is -2.24. The number of fused-ring (bicyclic) bond motifs is 1.